The second-order valence-electron chi connectivity index (χ2n) is 4.84. The van der Waals surface area contributed by atoms with E-state index in [4.69, 9.17) is 4.74 Å². The number of methoxy groups -OCH3 is 1. The monoisotopic (exact) mass is 355 g/mol. The number of amides is 1. The summed E-state index contributed by atoms with van der Waals surface area (Å²) in [6.07, 6.45) is 1.56. The van der Waals surface area contributed by atoms with Crippen LogP contribution in [0.3, 0.4) is 0 Å². The third-order valence-corrected chi connectivity index (χ3v) is 5.10. The Morgan fingerprint density at radius 1 is 1.43 bits per heavy atom. The molecule has 2 rings (SSSR count). The van der Waals surface area contributed by atoms with Crippen molar-refractivity contribution in [2.45, 2.75) is 6.92 Å². The van der Waals surface area contributed by atoms with E-state index in [0.29, 0.717) is 16.6 Å². The van der Waals surface area contributed by atoms with E-state index < -0.39 is 21.8 Å². The van der Waals surface area contributed by atoms with E-state index in [-0.39, 0.29) is 5.75 Å². The van der Waals surface area contributed by atoms with Gasteiger partial charge >= 0.3 is 0 Å². The molecular formula is C14H17N3O4S2. The van der Waals surface area contributed by atoms with Crippen molar-refractivity contribution >= 4 is 38.1 Å². The molecule has 0 radical (unpaired) electrons. The lowest BCUT2D eigenvalue weighted by atomic mass is 10.2. The maximum atomic E-state index is 12.2. The van der Waals surface area contributed by atoms with Gasteiger partial charge in [0.2, 0.25) is 15.9 Å². The normalized spacial score (nSPS) is 12.4. The molecule has 7 nitrogen and oxygen atoms in total. The number of carbonyl (C=O) groups is 1. The molecule has 9 heteroatoms. The van der Waals surface area contributed by atoms with Crippen LogP contribution in [0.5, 0.6) is 5.75 Å². The van der Waals surface area contributed by atoms with E-state index in [2.05, 4.69) is 15.0 Å². The largest absolute Gasteiger partial charge is 0.497 e. The summed E-state index contributed by atoms with van der Waals surface area (Å²) < 4.78 is 31.8. The molecule has 0 aliphatic rings. The summed E-state index contributed by atoms with van der Waals surface area (Å²) in [5.74, 6) is -0.903. The number of hydrogen-bond acceptors (Lipinski definition) is 6. The highest BCUT2D eigenvalue weighted by atomic mass is 32.2. The van der Waals surface area contributed by atoms with E-state index in [1.165, 1.54) is 18.4 Å². The van der Waals surface area contributed by atoms with Gasteiger partial charge in [-0.25, -0.2) is 13.4 Å². The molecule has 0 aliphatic heterocycles. The number of thiazole rings is 1. The highest BCUT2D eigenvalue weighted by molar-refractivity contribution is 7.92. The number of sulfonamides is 1. The van der Waals surface area contributed by atoms with Crippen LogP contribution < -0.4 is 14.8 Å². The van der Waals surface area contributed by atoms with Gasteiger partial charge in [-0.1, -0.05) is 13.0 Å². The van der Waals surface area contributed by atoms with Gasteiger partial charge in [0.05, 0.1) is 24.5 Å². The number of carbonyl (C=O) groups excluding carboxylic acids is 1. The van der Waals surface area contributed by atoms with Crippen LogP contribution in [0, 0.1) is 5.92 Å². The number of anilines is 2. The van der Waals surface area contributed by atoms with E-state index in [9.17, 15) is 13.2 Å². The molecule has 2 aromatic rings. The number of hydrogen-bond donors (Lipinski definition) is 2. The minimum atomic E-state index is -3.67. The molecule has 0 spiro atoms. The van der Waals surface area contributed by atoms with E-state index in [1.807, 2.05) is 0 Å². The van der Waals surface area contributed by atoms with Crippen LogP contribution in [0.1, 0.15) is 6.92 Å². The van der Waals surface area contributed by atoms with Gasteiger partial charge in [-0.3, -0.25) is 9.52 Å². The molecule has 1 aromatic heterocycles. The third kappa shape index (κ3) is 5.22. The first-order valence-corrected chi connectivity index (χ1v) is 9.28. The zero-order valence-electron chi connectivity index (χ0n) is 12.6. The molecule has 1 unspecified atom stereocenters. The van der Waals surface area contributed by atoms with Crippen molar-refractivity contribution in [1.29, 1.82) is 0 Å². The molecule has 124 valence electrons. The van der Waals surface area contributed by atoms with Gasteiger partial charge < -0.3 is 10.1 Å². The molecule has 0 bridgehead atoms. The predicted octanol–water partition coefficient (Wildman–Crippen LogP) is 2.17. The average molecular weight is 355 g/mol. The summed E-state index contributed by atoms with van der Waals surface area (Å²) in [5, 5.41) is 4.75. The first kappa shape index (κ1) is 17.2. The smallest absolute Gasteiger partial charge is 0.233 e. The molecule has 2 N–H and O–H groups in total. The van der Waals surface area contributed by atoms with Crippen molar-refractivity contribution in [2.75, 3.05) is 22.9 Å². The van der Waals surface area contributed by atoms with Gasteiger partial charge in [-0.15, -0.1) is 11.3 Å². The Balaban J connectivity index is 1.98. The van der Waals surface area contributed by atoms with Gasteiger partial charge in [0.1, 0.15) is 5.75 Å². The van der Waals surface area contributed by atoms with Crippen molar-refractivity contribution in [2.24, 2.45) is 5.92 Å². The number of rotatable bonds is 7. The van der Waals surface area contributed by atoms with Crippen LogP contribution in [-0.4, -0.2) is 32.2 Å². The lowest BCUT2D eigenvalue weighted by molar-refractivity contribution is -0.118. The quantitative estimate of drug-likeness (QED) is 0.793. The van der Waals surface area contributed by atoms with E-state index in [0.717, 1.165) is 0 Å². The van der Waals surface area contributed by atoms with Gasteiger partial charge in [-0.2, -0.15) is 0 Å². The van der Waals surface area contributed by atoms with Crippen LogP contribution in [0.15, 0.2) is 35.8 Å². The minimum Gasteiger partial charge on any atom is -0.497 e. The first-order valence-electron chi connectivity index (χ1n) is 6.74. The van der Waals surface area contributed by atoms with Crippen LogP contribution in [0.25, 0.3) is 0 Å². The molecule has 0 saturated carbocycles. The van der Waals surface area contributed by atoms with E-state index in [1.54, 1.807) is 42.8 Å². The number of ether oxygens (including phenoxy) is 1. The zero-order valence-corrected chi connectivity index (χ0v) is 14.3. The summed E-state index contributed by atoms with van der Waals surface area (Å²) in [4.78, 5) is 15.9. The topological polar surface area (TPSA) is 97.4 Å². The Kier molecular flexibility index (Phi) is 5.56. The third-order valence-electron chi connectivity index (χ3n) is 2.92. The zero-order chi connectivity index (χ0) is 16.9. The first-order chi connectivity index (χ1) is 10.9. The minimum absolute atomic E-state index is 0.332. The molecular weight excluding hydrogens is 338 g/mol. The Labute approximate surface area is 138 Å². The Hall–Kier alpha value is -2.13. The number of aromatic nitrogens is 1. The van der Waals surface area contributed by atoms with Crippen LogP contribution in [0.4, 0.5) is 10.8 Å². The fourth-order valence-electron chi connectivity index (χ4n) is 1.83. The lowest BCUT2D eigenvalue weighted by Crippen LogP contribution is -2.29. The van der Waals surface area contributed by atoms with Gasteiger partial charge in [0, 0.05) is 17.6 Å². The summed E-state index contributed by atoms with van der Waals surface area (Å²) >= 11 is 1.27. The fraction of sp³-hybridized carbons (Fsp3) is 0.286. The Morgan fingerprint density at radius 2 is 2.22 bits per heavy atom. The highest BCUT2D eigenvalue weighted by Gasteiger charge is 2.22. The van der Waals surface area contributed by atoms with Crippen LogP contribution in [-0.2, 0) is 14.8 Å². The number of benzene rings is 1. The second kappa shape index (κ2) is 7.42. The van der Waals surface area contributed by atoms with Gasteiger partial charge in [-0.05, 0) is 12.1 Å². The summed E-state index contributed by atoms with van der Waals surface area (Å²) in [7, 11) is -2.17. The van der Waals surface area contributed by atoms with Crippen molar-refractivity contribution in [3.05, 3.63) is 35.8 Å². The van der Waals surface area contributed by atoms with Crippen LogP contribution >= 0.6 is 11.3 Å². The Morgan fingerprint density at radius 3 is 2.87 bits per heavy atom. The molecule has 0 saturated heterocycles. The maximum absolute atomic E-state index is 12.2. The molecule has 1 aromatic carbocycles. The molecule has 0 aliphatic carbocycles. The lowest BCUT2D eigenvalue weighted by Gasteiger charge is -2.13. The van der Waals surface area contributed by atoms with Crippen molar-refractivity contribution in [3.63, 3.8) is 0 Å². The second-order valence-corrected chi connectivity index (χ2v) is 7.50. The van der Waals surface area contributed by atoms with Crippen LogP contribution in [0.2, 0.25) is 0 Å². The number of nitrogens with zero attached hydrogens (tertiary/aromatic N) is 1. The van der Waals surface area contributed by atoms with Gasteiger partial charge in [0.25, 0.3) is 0 Å². The van der Waals surface area contributed by atoms with Gasteiger partial charge in [0.15, 0.2) is 5.13 Å². The van der Waals surface area contributed by atoms with Crippen molar-refractivity contribution in [1.82, 2.24) is 4.98 Å². The molecule has 0 fully saturated rings. The predicted molar refractivity (Wildman–Crippen MR) is 90.3 cm³/mol. The summed E-state index contributed by atoms with van der Waals surface area (Å²) in [6, 6.07) is 6.56. The maximum Gasteiger partial charge on any atom is 0.233 e. The fourth-order valence-corrected chi connectivity index (χ4v) is 3.74. The summed E-state index contributed by atoms with van der Waals surface area (Å²) in [5.41, 5.74) is 0.386. The van der Waals surface area contributed by atoms with Crippen molar-refractivity contribution < 1.29 is 17.9 Å². The SMILES string of the molecule is COc1cccc(NS(=O)(=O)CC(C)C(=O)Nc2nccs2)c1. The molecule has 23 heavy (non-hydrogen) atoms. The standard InChI is InChI=1S/C14H17N3O4S2/c1-10(13(18)16-14-15-6-7-22-14)9-23(19,20)17-11-4-3-5-12(8-11)21-2/h3-8,10,17H,9H2,1-2H3,(H,15,16,18). The molecule has 1 heterocycles. The van der Waals surface area contributed by atoms with Crippen molar-refractivity contribution in [3.8, 4) is 5.75 Å². The summed E-state index contributed by atoms with van der Waals surface area (Å²) in [6.45, 7) is 1.55. The molecule has 1 amide bonds. The Bertz CT molecular complexity index is 760. The highest BCUT2D eigenvalue weighted by Crippen LogP contribution is 2.19. The molecule has 1 atom stereocenters. The number of nitrogens with one attached hydrogen (secondary N) is 2. The van der Waals surface area contributed by atoms with E-state index >= 15 is 0 Å². The average Bonchev–Trinajstić information content (AvgIpc) is 2.99.